The van der Waals surface area contributed by atoms with E-state index in [1.54, 1.807) is 0 Å². The van der Waals surface area contributed by atoms with Crippen LogP contribution in [0.15, 0.2) is 22.7 Å². The number of carbonyl (C=O) groups is 1. The van der Waals surface area contributed by atoms with Gasteiger partial charge in [0, 0.05) is 10.0 Å². The predicted octanol–water partition coefficient (Wildman–Crippen LogP) is 1.59. The molecule has 1 aromatic carbocycles. The normalized spacial score (nSPS) is 18.6. The average Bonchev–Trinajstić information content (AvgIpc) is 2.59. The highest BCUT2D eigenvalue weighted by Gasteiger charge is 2.28. The predicted molar refractivity (Wildman–Crippen MR) is 55.7 cm³/mol. The molecule has 14 heavy (non-hydrogen) atoms. The molecular formula is C9H9BrN2O2. The minimum Gasteiger partial charge on any atom is -0.468 e. The number of fused-ring (bicyclic) bond motifs is 1. The number of methoxy groups -OCH3 is 1. The maximum Gasteiger partial charge on any atom is 0.329 e. The molecule has 2 N–H and O–H groups in total. The lowest BCUT2D eigenvalue weighted by molar-refractivity contribution is -0.142. The first-order valence-electron chi connectivity index (χ1n) is 4.11. The molecule has 4 nitrogen and oxygen atoms in total. The number of hydrogen-bond donors (Lipinski definition) is 2. The van der Waals surface area contributed by atoms with Crippen LogP contribution < -0.4 is 10.9 Å². The molecule has 0 saturated heterocycles. The van der Waals surface area contributed by atoms with Gasteiger partial charge in [-0.2, -0.15) is 0 Å². The Morgan fingerprint density at radius 2 is 2.36 bits per heavy atom. The monoisotopic (exact) mass is 256 g/mol. The number of carbonyl (C=O) groups excluding carboxylic acids is 1. The summed E-state index contributed by atoms with van der Waals surface area (Å²) in [7, 11) is 1.37. The summed E-state index contributed by atoms with van der Waals surface area (Å²) >= 11 is 3.36. The molecule has 1 atom stereocenters. The third-order valence-electron chi connectivity index (χ3n) is 2.11. The standard InChI is InChI=1S/C9H9BrN2O2/c1-14-9(13)8-6-4-5(10)2-3-7(6)11-12-8/h2-4,8,11-12H,1H3. The van der Waals surface area contributed by atoms with Crippen molar-refractivity contribution in [3.05, 3.63) is 28.2 Å². The van der Waals surface area contributed by atoms with Gasteiger partial charge in [-0.15, -0.1) is 0 Å². The first-order chi connectivity index (χ1) is 6.72. The van der Waals surface area contributed by atoms with E-state index in [1.165, 1.54) is 7.11 Å². The molecule has 0 radical (unpaired) electrons. The van der Waals surface area contributed by atoms with Gasteiger partial charge in [0.05, 0.1) is 12.8 Å². The van der Waals surface area contributed by atoms with Crippen LogP contribution in [0.4, 0.5) is 5.69 Å². The van der Waals surface area contributed by atoms with Gasteiger partial charge in [0.1, 0.15) is 0 Å². The first-order valence-corrected chi connectivity index (χ1v) is 4.90. The third-order valence-corrected chi connectivity index (χ3v) is 2.61. The van der Waals surface area contributed by atoms with Crippen molar-refractivity contribution in [3.63, 3.8) is 0 Å². The number of ether oxygens (including phenoxy) is 1. The van der Waals surface area contributed by atoms with Crippen LogP contribution in [0.2, 0.25) is 0 Å². The minimum absolute atomic E-state index is 0.297. The third kappa shape index (κ3) is 1.49. The summed E-state index contributed by atoms with van der Waals surface area (Å²) in [6.45, 7) is 0. The SMILES string of the molecule is COC(=O)C1NNc2ccc(Br)cc21. The Kier molecular flexibility index (Phi) is 2.43. The molecule has 1 aliphatic rings. The van der Waals surface area contributed by atoms with Crippen LogP contribution in [0.3, 0.4) is 0 Å². The van der Waals surface area contributed by atoms with E-state index < -0.39 is 6.04 Å². The number of anilines is 1. The number of hydrazine groups is 1. The highest BCUT2D eigenvalue weighted by Crippen LogP contribution is 2.31. The zero-order valence-electron chi connectivity index (χ0n) is 7.50. The van der Waals surface area contributed by atoms with Crippen LogP contribution >= 0.6 is 15.9 Å². The van der Waals surface area contributed by atoms with Gasteiger partial charge < -0.3 is 10.2 Å². The number of benzene rings is 1. The first kappa shape index (κ1) is 9.48. The van der Waals surface area contributed by atoms with Crippen molar-refractivity contribution < 1.29 is 9.53 Å². The molecule has 74 valence electrons. The molecule has 0 saturated carbocycles. The van der Waals surface area contributed by atoms with Crippen LogP contribution in [0, 0.1) is 0 Å². The van der Waals surface area contributed by atoms with Crippen LogP contribution in [0.5, 0.6) is 0 Å². The van der Waals surface area contributed by atoms with Crippen molar-refractivity contribution in [2.75, 3.05) is 12.5 Å². The Morgan fingerprint density at radius 1 is 1.57 bits per heavy atom. The van der Waals surface area contributed by atoms with Crippen molar-refractivity contribution >= 4 is 27.6 Å². The number of halogens is 1. The van der Waals surface area contributed by atoms with Crippen molar-refractivity contribution in [1.29, 1.82) is 0 Å². The summed E-state index contributed by atoms with van der Waals surface area (Å²) in [4.78, 5) is 11.3. The number of nitrogens with one attached hydrogen (secondary N) is 2. The Balaban J connectivity index is 2.38. The summed E-state index contributed by atoms with van der Waals surface area (Å²) in [5.74, 6) is -0.297. The molecule has 1 heterocycles. The Bertz CT molecular complexity index is 381. The second-order valence-electron chi connectivity index (χ2n) is 2.96. The number of hydrogen-bond acceptors (Lipinski definition) is 4. The van der Waals surface area contributed by atoms with Gasteiger partial charge in [0.2, 0.25) is 0 Å². The largest absolute Gasteiger partial charge is 0.468 e. The van der Waals surface area contributed by atoms with Crippen LogP contribution in [-0.2, 0) is 9.53 Å². The van der Waals surface area contributed by atoms with Gasteiger partial charge in [0.15, 0.2) is 6.04 Å². The molecule has 2 rings (SSSR count). The van der Waals surface area contributed by atoms with E-state index in [2.05, 4.69) is 31.5 Å². The number of esters is 1. The second-order valence-corrected chi connectivity index (χ2v) is 3.87. The van der Waals surface area contributed by atoms with Crippen LogP contribution in [-0.4, -0.2) is 13.1 Å². The van der Waals surface area contributed by atoms with Gasteiger partial charge in [0.25, 0.3) is 0 Å². The Labute approximate surface area is 89.7 Å². The molecule has 5 heteroatoms. The van der Waals surface area contributed by atoms with Crippen molar-refractivity contribution in [3.8, 4) is 0 Å². The van der Waals surface area contributed by atoms with E-state index in [-0.39, 0.29) is 5.97 Å². The van der Waals surface area contributed by atoms with E-state index >= 15 is 0 Å². The lowest BCUT2D eigenvalue weighted by atomic mass is 10.1. The second kappa shape index (κ2) is 3.59. The van der Waals surface area contributed by atoms with E-state index in [0.29, 0.717) is 0 Å². The summed E-state index contributed by atoms with van der Waals surface area (Å²) in [5, 5.41) is 0. The lowest BCUT2D eigenvalue weighted by Gasteiger charge is -2.07. The maximum atomic E-state index is 11.3. The molecule has 0 fully saturated rings. The zero-order chi connectivity index (χ0) is 10.1. The molecule has 1 unspecified atom stereocenters. The molecule has 0 bridgehead atoms. The molecule has 0 spiro atoms. The fourth-order valence-corrected chi connectivity index (χ4v) is 1.80. The van der Waals surface area contributed by atoms with Crippen LogP contribution in [0.25, 0.3) is 0 Å². The van der Waals surface area contributed by atoms with Crippen LogP contribution in [0.1, 0.15) is 11.6 Å². The van der Waals surface area contributed by atoms with Gasteiger partial charge >= 0.3 is 5.97 Å². The molecular weight excluding hydrogens is 248 g/mol. The zero-order valence-corrected chi connectivity index (χ0v) is 9.09. The highest BCUT2D eigenvalue weighted by atomic mass is 79.9. The van der Waals surface area contributed by atoms with E-state index in [0.717, 1.165) is 15.7 Å². The van der Waals surface area contributed by atoms with E-state index in [1.807, 2.05) is 18.2 Å². The highest BCUT2D eigenvalue weighted by molar-refractivity contribution is 9.10. The van der Waals surface area contributed by atoms with Gasteiger partial charge in [-0.25, -0.2) is 10.2 Å². The maximum absolute atomic E-state index is 11.3. The molecule has 0 amide bonds. The van der Waals surface area contributed by atoms with E-state index in [9.17, 15) is 4.79 Å². The molecule has 0 aromatic heterocycles. The molecule has 1 aliphatic heterocycles. The quantitative estimate of drug-likeness (QED) is 0.750. The van der Waals surface area contributed by atoms with Gasteiger partial charge in [-0.05, 0) is 18.2 Å². The van der Waals surface area contributed by atoms with Gasteiger partial charge in [-0.3, -0.25) is 0 Å². The average molecular weight is 257 g/mol. The summed E-state index contributed by atoms with van der Waals surface area (Å²) in [6, 6.07) is 5.28. The number of rotatable bonds is 1. The lowest BCUT2D eigenvalue weighted by Crippen LogP contribution is -2.26. The summed E-state index contributed by atoms with van der Waals surface area (Å²) in [5.41, 5.74) is 7.58. The molecule has 1 aromatic rings. The Morgan fingerprint density at radius 3 is 3.07 bits per heavy atom. The Hall–Kier alpha value is -1.07. The summed E-state index contributed by atoms with van der Waals surface area (Å²) < 4.78 is 5.61. The topological polar surface area (TPSA) is 50.4 Å². The van der Waals surface area contributed by atoms with Crippen molar-refractivity contribution in [2.45, 2.75) is 6.04 Å². The minimum atomic E-state index is -0.424. The van der Waals surface area contributed by atoms with Crippen molar-refractivity contribution in [2.24, 2.45) is 0 Å². The van der Waals surface area contributed by atoms with Crippen molar-refractivity contribution in [1.82, 2.24) is 5.43 Å². The summed E-state index contributed by atoms with van der Waals surface area (Å²) in [6.07, 6.45) is 0. The fourth-order valence-electron chi connectivity index (χ4n) is 1.42. The fraction of sp³-hybridized carbons (Fsp3) is 0.222. The molecule has 0 aliphatic carbocycles. The smallest absolute Gasteiger partial charge is 0.329 e. The van der Waals surface area contributed by atoms with E-state index in [4.69, 9.17) is 0 Å². The van der Waals surface area contributed by atoms with Gasteiger partial charge in [-0.1, -0.05) is 15.9 Å².